The van der Waals surface area contributed by atoms with E-state index in [1.165, 1.54) is 44.1 Å². The van der Waals surface area contributed by atoms with Crippen molar-refractivity contribution in [2.24, 2.45) is 5.92 Å². The molecule has 3 heteroatoms. The highest BCUT2D eigenvalue weighted by Gasteiger charge is 2.47. The molecular formula is C18H26N2S. The highest BCUT2D eigenvalue weighted by molar-refractivity contribution is 7.80. The Balaban J connectivity index is 1.60. The molecule has 2 nitrogen and oxygen atoms in total. The van der Waals surface area contributed by atoms with Crippen molar-refractivity contribution in [1.29, 1.82) is 0 Å². The second kappa shape index (κ2) is 5.96. The first kappa shape index (κ1) is 14.8. The van der Waals surface area contributed by atoms with Gasteiger partial charge in [0, 0.05) is 11.2 Å². The van der Waals surface area contributed by atoms with E-state index in [0.717, 1.165) is 16.7 Å². The van der Waals surface area contributed by atoms with E-state index in [9.17, 15) is 0 Å². The number of thiocarbonyl (C=S) groups is 1. The van der Waals surface area contributed by atoms with E-state index in [2.05, 4.69) is 48.7 Å². The fourth-order valence-corrected chi connectivity index (χ4v) is 3.94. The molecule has 0 atom stereocenters. The van der Waals surface area contributed by atoms with Crippen molar-refractivity contribution in [1.82, 2.24) is 5.32 Å². The van der Waals surface area contributed by atoms with Crippen LogP contribution in [-0.2, 0) is 0 Å². The van der Waals surface area contributed by atoms with Crippen LogP contribution in [0.4, 0.5) is 5.69 Å². The van der Waals surface area contributed by atoms with Crippen LogP contribution in [0.5, 0.6) is 0 Å². The van der Waals surface area contributed by atoms with Crippen LogP contribution < -0.4 is 10.6 Å². The average Bonchev–Trinajstić information content (AvgIpc) is 3.21. The van der Waals surface area contributed by atoms with E-state index in [0.29, 0.717) is 11.5 Å². The lowest BCUT2D eigenvalue weighted by atomic mass is 9.91. The minimum Gasteiger partial charge on any atom is -0.357 e. The van der Waals surface area contributed by atoms with Crippen molar-refractivity contribution in [2.45, 2.75) is 63.8 Å². The molecule has 0 spiro atoms. The zero-order chi connectivity index (χ0) is 14.9. The van der Waals surface area contributed by atoms with Crippen LogP contribution >= 0.6 is 12.2 Å². The van der Waals surface area contributed by atoms with Crippen molar-refractivity contribution in [3.05, 3.63) is 29.8 Å². The standard InChI is InChI=1S/C18H26N2S/c1-13(2)14-5-9-16(10-6-14)19-17(21)20-18(15-7-8-15)11-3-4-12-18/h5-6,9-10,13,15H,3-4,7-8,11-12H2,1-2H3,(H2,19,20,21). The molecule has 1 aromatic rings. The van der Waals surface area contributed by atoms with E-state index >= 15 is 0 Å². The van der Waals surface area contributed by atoms with Crippen LogP contribution in [0, 0.1) is 5.92 Å². The summed E-state index contributed by atoms with van der Waals surface area (Å²) >= 11 is 5.55. The van der Waals surface area contributed by atoms with Gasteiger partial charge in [-0.1, -0.05) is 38.8 Å². The minimum atomic E-state index is 0.294. The summed E-state index contributed by atoms with van der Waals surface area (Å²) < 4.78 is 0. The van der Waals surface area contributed by atoms with Crippen LogP contribution in [0.1, 0.15) is 63.9 Å². The Labute approximate surface area is 133 Å². The topological polar surface area (TPSA) is 24.1 Å². The molecule has 21 heavy (non-hydrogen) atoms. The lowest BCUT2D eigenvalue weighted by Gasteiger charge is -2.32. The fraction of sp³-hybridized carbons (Fsp3) is 0.611. The summed E-state index contributed by atoms with van der Waals surface area (Å²) in [6, 6.07) is 8.62. The average molecular weight is 302 g/mol. The minimum absolute atomic E-state index is 0.294. The summed E-state index contributed by atoms with van der Waals surface area (Å²) in [5.41, 5.74) is 2.74. The van der Waals surface area contributed by atoms with Gasteiger partial charge in [0.2, 0.25) is 0 Å². The maximum Gasteiger partial charge on any atom is 0.171 e. The molecule has 0 amide bonds. The molecule has 0 heterocycles. The zero-order valence-corrected chi connectivity index (χ0v) is 13.9. The van der Waals surface area contributed by atoms with E-state index in [1.54, 1.807) is 0 Å². The third-order valence-corrected chi connectivity index (χ3v) is 5.26. The van der Waals surface area contributed by atoms with Crippen molar-refractivity contribution in [2.75, 3.05) is 5.32 Å². The Morgan fingerprint density at radius 3 is 2.29 bits per heavy atom. The lowest BCUT2D eigenvalue weighted by Crippen LogP contribution is -2.49. The van der Waals surface area contributed by atoms with Crippen LogP contribution in [0.15, 0.2) is 24.3 Å². The number of anilines is 1. The quantitative estimate of drug-likeness (QED) is 0.780. The molecule has 2 fully saturated rings. The van der Waals surface area contributed by atoms with Crippen LogP contribution in [0.25, 0.3) is 0 Å². The number of benzene rings is 1. The van der Waals surface area contributed by atoms with Gasteiger partial charge in [0.25, 0.3) is 0 Å². The summed E-state index contributed by atoms with van der Waals surface area (Å²) in [6.45, 7) is 4.43. The van der Waals surface area contributed by atoms with Crippen molar-refractivity contribution in [3.63, 3.8) is 0 Å². The summed E-state index contributed by atoms with van der Waals surface area (Å²) in [7, 11) is 0. The first-order chi connectivity index (χ1) is 10.1. The van der Waals surface area contributed by atoms with Gasteiger partial charge in [-0.2, -0.15) is 0 Å². The van der Waals surface area contributed by atoms with Crippen molar-refractivity contribution >= 4 is 23.0 Å². The first-order valence-electron chi connectivity index (χ1n) is 8.28. The van der Waals surface area contributed by atoms with Crippen molar-refractivity contribution in [3.8, 4) is 0 Å². The third kappa shape index (κ3) is 3.39. The van der Waals surface area contributed by atoms with Gasteiger partial charge in [0.15, 0.2) is 5.11 Å². The summed E-state index contributed by atoms with van der Waals surface area (Å²) in [6.07, 6.45) is 8.00. The molecule has 0 aliphatic heterocycles. The maximum atomic E-state index is 5.55. The van der Waals surface area contributed by atoms with E-state index in [-0.39, 0.29) is 0 Å². The molecule has 0 saturated heterocycles. The van der Waals surface area contributed by atoms with E-state index in [1.807, 2.05) is 0 Å². The zero-order valence-electron chi connectivity index (χ0n) is 13.1. The number of nitrogens with one attached hydrogen (secondary N) is 2. The van der Waals surface area contributed by atoms with Gasteiger partial charge in [0.05, 0.1) is 0 Å². The number of rotatable bonds is 4. The fourth-order valence-electron chi connectivity index (χ4n) is 3.62. The van der Waals surface area contributed by atoms with Crippen LogP contribution in [0.3, 0.4) is 0 Å². The molecule has 0 radical (unpaired) electrons. The molecule has 0 bridgehead atoms. The first-order valence-corrected chi connectivity index (χ1v) is 8.69. The molecule has 2 N–H and O–H groups in total. The van der Waals surface area contributed by atoms with Gasteiger partial charge in [0.1, 0.15) is 0 Å². The summed E-state index contributed by atoms with van der Waals surface area (Å²) in [4.78, 5) is 0. The highest BCUT2D eigenvalue weighted by Crippen LogP contribution is 2.48. The van der Waals surface area contributed by atoms with Gasteiger partial charge in [-0.05, 0) is 67.4 Å². The largest absolute Gasteiger partial charge is 0.357 e. The molecule has 0 aromatic heterocycles. The molecule has 1 aromatic carbocycles. The molecule has 2 aliphatic rings. The van der Waals surface area contributed by atoms with Gasteiger partial charge in [-0.25, -0.2) is 0 Å². The second-order valence-electron chi connectivity index (χ2n) is 6.99. The van der Waals surface area contributed by atoms with Gasteiger partial charge >= 0.3 is 0 Å². The van der Waals surface area contributed by atoms with Gasteiger partial charge in [-0.3, -0.25) is 0 Å². The van der Waals surface area contributed by atoms with E-state index < -0.39 is 0 Å². The Morgan fingerprint density at radius 2 is 1.76 bits per heavy atom. The Kier molecular flexibility index (Phi) is 4.21. The predicted octanol–water partition coefficient (Wildman–Crippen LogP) is 4.82. The second-order valence-corrected chi connectivity index (χ2v) is 7.40. The lowest BCUT2D eigenvalue weighted by molar-refractivity contribution is 0.340. The summed E-state index contributed by atoms with van der Waals surface area (Å²) in [5, 5.41) is 7.82. The Hall–Kier alpha value is -1.09. The molecule has 2 saturated carbocycles. The molecular weight excluding hydrogens is 276 g/mol. The van der Waals surface area contributed by atoms with Gasteiger partial charge < -0.3 is 10.6 Å². The van der Waals surface area contributed by atoms with Gasteiger partial charge in [-0.15, -0.1) is 0 Å². The SMILES string of the molecule is CC(C)c1ccc(NC(=S)NC2(C3CC3)CCCC2)cc1. The van der Waals surface area contributed by atoms with E-state index in [4.69, 9.17) is 12.2 Å². The molecule has 0 unspecified atom stereocenters. The predicted molar refractivity (Wildman–Crippen MR) is 93.8 cm³/mol. The smallest absolute Gasteiger partial charge is 0.171 e. The third-order valence-electron chi connectivity index (χ3n) is 5.05. The number of hydrogen-bond acceptors (Lipinski definition) is 1. The Bertz CT molecular complexity index is 496. The molecule has 2 aliphatic carbocycles. The maximum absolute atomic E-state index is 5.55. The Morgan fingerprint density at radius 1 is 1.14 bits per heavy atom. The normalized spacial score (nSPS) is 20.5. The van der Waals surface area contributed by atoms with Crippen LogP contribution in [-0.4, -0.2) is 10.7 Å². The molecule has 114 valence electrons. The van der Waals surface area contributed by atoms with Crippen LogP contribution in [0.2, 0.25) is 0 Å². The highest BCUT2D eigenvalue weighted by atomic mass is 32.1. The molecule has 3 rings (SSSR count). The van der Waals surface area contributed by atoms with Crippen molar-refractivity contribution < 1.29 is 0 Å². The monoisotopic (exact) mass is 302 g/mol. The number of hydrogen-bond donors (Lipinski definition) is 2. The summed E-state index contributed by atoms with van der Waals surface area (Å²) in [5.74, 6) is 1.42.